The Labute approximate surface area is 162 Å². The fraction of sp³-hybridized carbons (Fsp3) is 0.300. The van der Waals surface area contributed by atoms with Crippen LogP contribution in [-0.2, 0) is 4.74 Å². The molecule has 144 valence electrons. The van der Waals surface area contributed by atoms with Crippen molar-refractivity contribution in [1.82, 2.24) is 19.7 Å². The van der Waals surface area contributed by atoms with E-state index in [4.69, 9.17) is 9.47 Å². The molecule has 2 aromatic heterocycles. The topological polar surface area (TPSA) is 91.2 Å². The van der Waals surface area contributed by atoms with E-state index in [0.717, 1.165) is 17.0 Å². The van der Waals surface area contributed by atoms with Gasteiger partial charge in [-0.15, -0.1) is 0 Å². The van der Waals surface area contributed by atoms with E-state index in [1.165, 1.54) is 10.7 Å². The molecule has 8 nitrogen and oxygen atoms in total. The second kappa shape index (κ2) is 7.77. The van der Waals surface area contributed by atoms with E-state index in [2.05, 4.69) is 20.4 Å². The number of aromatic nitrogens is 4. The van der Waals surface area contributed by atoms with Gasteiger partial charge in [0, 0.05) is 11.6 Å². The molecule has 1 saturated heterocycles. The number of hydrogen-bond donors (Lipinski definition) is 1. The zero-order chi connectivity index (χ0) is 19.5. The first-order chi connectivity index (χ1) is 13.6. The Balaban J connectivity index is 1.63. The number of anilines is 1. The van der Waals surface area contributed by atoms with Crippen molar-refractivity contribution in [1.29, 1.82) is 0 Å². The molecule has 0 bridgehead atoms. The van der Waals surface area contributed by atoms with Crippen LogP contribution < -0.4 is 15.6 Å². The van der Waals surface area contributed by atoms with Gasteiger partial charge in [-0.1, -0.05) is 12.1 Å². The molecule has 2 atom stereocenters. The minimum absolute atomic E-state index is 0.136. The maximum Gasteiger partial charge on any atom is 0.267 e. The summed E-state index contributed by atoms with van der Waals surface area (Å²) in [5.41, 5.74) is 2.23. The van der Waals surface area contributed by atoms with E-state index in [-0.39, 0.29) is 17.6 Å². The van der Waals surface area contributed by atoms with E-state index in [9.17, 15) is 4.79 Å². The van der Waals surface area contributed by atoms with E-state index in [0.29, 0.717) is 24.7 Å². The highest BCUT2D eigenvalue weighted by atomic mass is 16.5. The van der Waals surface area contributed by atoms with Crippen LogP contribution in [0.15, 0.2) is 53.6 Å². The van der Waals surface area contributed by atoms with Crippen molar-refractivity contribution in [2.24, 2.45) is 0 Å². The zero-order valence-electron chi connectivity index (χ0n) is 15.7. The molecule has 28 heavy (non-hydrogen) atoms. The van der Waals surface area contributed by atoms with Crippen molar-refractivity contribution in [2.45, 2.75) is 19.0 Å². The number of aryl methyl sites for hydroxylation is 1. The summed E-state index contributed by atoms with van der Waals surface area (Å²) in [7, 11) is 1.62. The SMILES string of the molecule is COc1cccc(-c2ccc(=O)n(C3COCC3Nc3cnc(C)cn3)n2)c1. The largest absolute Gasteiger partial charge is 0.497 e. The summed E-state index contributed by atoms with van der Waals surface area (Å²) >= 11 is 0. The van der Waals surface area contributed by atoms with Crippen LogP contribution in [0, 0.1) is 6.92 Å². The number of rotatable bonds is 5. The van der Waals surface area contributed by atoms with Crippen molar-refractivity contribution >= 4 is 5.82 Å². The zero-order valence-corrected chi connectivity index (χ0v) is 15.7. The van der Waals surface area contributed by atoms with Crippen LogP contribution in [0.25, 0.3) is 11.3 Å². The molecule has 1 aliphatic heterocycles. The number of nitrogens with one attached hydrogen (secondary N) is 1. The van der Waals surface area contributed by atoms with Gasteiger partial charge in [-0.25, -0.2) is 9.67 Å². The third kappa shape index (κ3) is 3.72. The number of hydrogen-bond acceptors (Lipinski definition) is 7. The average molecular weight is 379 g/mol. The lowest BCUT2D eigenvalue weighted by atomic mass is 10.1. The number of benzene rings is 1. The van der Waals surface area contributed by atoms with Gasteiger partial charge in [0.15, 0.2) is 0 Å². The van der Waals surface area contributed by atoms with Crippen molar-refractivity contribution in [3.63, 3.8) is 0 Å². The normalized spacial score (nSPS) is 18.8. The lowest BCUT2D eigenvalue weighted by molar-refractivity contribution is 0.183. The summed E-state index contributed by atoms with van der Waals surface area (Å²) in [6.45, 7) is 2.73. The number of methoxy groups -OCH3 is 1. The minimum atomic E-state index is -0.249. The van der Waals surface area contributed by atoms with Gasteiger partial charge in [-0.05, 0) is 25.1 Å². The molecule has 0 saturated carbocycles. The monoisotopic (exact) mass is 379 g/mol. The van der Waals surface area contributed by atoms with Crippen molar-refractivity contribution in [3.05, 3.63) is 64.8 Å². The third-order valence-electron chi connectivity index (χ3n) is 4.67. The van der Waals surface area contributed by atoms with Gasteiger partial charge >= 0.3 is 0 Å². The van der Waals surface area contributed by atoms with Crippen LogP contribution in [-0.4, -0.2) is 46.1 Å². The predicted octanol–water partition coefficient (Wildman–Crippen LogP) is 2.07. The van der Waals surface area contributed by atoms with Gasteiger partial charge in [-0.3, -0.25) is 9.78 Å². The van der Waals surface area contributed by atoms with Crippen LogP contribution in [0.5, 0.6) is 5.75 Å². The third-order valence-corrected chi connectivity index (χ3v) is 4.67. The Kier molecular flexibility index (Phi) is 5.03. The average Bonchev–Trinajstić information content (AvgIpc) is 3.18. The van der Waals surface area contributed by atoms with Crippen molar-refractivity contribution < 1.29 is 9.47 Å². The first-order valence-electron chi connectivity index (χ1n) is 9.01. The molecule has 0 aliphatic carbocycles. The molecular weight excluding hydrogens is 358 g/mol. The maximum atomic E-state index is 12.5. The molecular formula is C20H21N5O3. The van der Waals surface area contributed by atoms with E-state index < -0.39 is 0 Å². The summed E-state index contributed by atoms with van der Waals surface area (Å²) in [6.07, 6.45) is 3.37. The summed E-state index contributed by atoms with van der Waals surface area (Å²) in [4.78, 5) is 21.1. The molecule has 0 amide bonds. The van der Waals surface area contributed by atoms with Gasteiger partial charge in [0.25, 0.3) is 5.56 Å². The minimum Gasteiger partial charge on any atom is -0.497 e. The highest BCUT2D eigenvalue weighted by molar-refractivity contribution is 5.60. The molecule has 1 N–H and O–H groups in total. The van der Waals surface area contributed by atoms with Crippen LogP contribution in [0.1, 0.15) is 11.7 Å². The Morgan fingerprint density at radius 2 is 2.07 bits per heavy atom. The first-order valence-corrected chi connectivity index (χ1v) is 9.01. The highest BCUT2D eigenvalue weighted by Gasteiger charge is 2.32. The van der Waals surface area contributed by atoms with E-state index >= 15 is 0 Å². The summed E-state index contributed by atoms with van der Waals surface area (Å²) in [5.74, 6) is 1.38. The fourth-order valence-electron chi connectivity index (χ4n) is 3.18. The lowest BCUT2D eigenvalue weighted by Crippen LogP contribution is -2.37. The van der Waals surface area contributed by atoms with Gasteiger partial charge in [-0.2, -0.15) is 5.10 Å². The Morgan fingerprint density at radius 3 is 2.86 bits per heavy atom. The molecule has 4 rings (SSSR count). The molecule has 1 aromatic carbocycles. The molecule has 1 aliphatic rings. The summed E-state index contributed by atoms with van der Waals surface area (Å²) in [5, 5.41) is 7.90. The predicted molar refractivity (Wildman–Crippen MR) is 105 cm³/mol. The molecule has 2 unspecified atom stereocenters. The van der Waals surface area contributed by atoms with Gasteiger partial charge in [0.05, 0.1) is 50.1 Å². The first kappa shape index (κ1) is 18.1. The highest BCUT2D eigenvalue weighted by Crippen LogP contribution is 2.24. The second-order valence-electron chi connectivity index (χ2n) is 6.63. The smallest absolute Gasteiger partial charge is 0.267 e. The molecule has 0 radical (unpaired) electrons. The Bertz CT molecular complexity index is 1020. The van der Waals surface area contributed by atoms with Gasteiger partial charge < -0.3 is 14.8 Å². The number of ether oxygens (including phenoxy) is 2. The molecule has 3 aromatic rings. The summed E-state index contributed by atoms with van der Waals surface area (Å²) < 4.78 is 12.4. The number of nitrogens with zero attached hydrogens (tertiary/aromatic N) is 4. The Morgan fingerprint density at radius 1 is 1.18 bits per heavy atom. The second-order valence-corrected chi connectivity index (χ2v) is 6.63. The van der Waals surface area contributed by atoms with Crippen LogP contribution in [0.2, 0.25) is 0 Å². The summed E-state index contributed by atoms with van der Waals surface area (Å²) in [6, 6.07) is 10.4. The molecule has 1 fully saturated rings. The molecule has 0 spiro atoms. The molecule has 3 heterocycles. The maximum absolute atomic E-state index is 12.5. The van der Waals surface area contributed by atoms with Gasteiger partial charge in [0.1, 0.15) is 17.6 Å². The van der Waals surface area contributed by atoms with Crippen LogP contribution in [0.4, 0.5) is 5.82 Å². The van der Waals surface area contributed by atoms with Crippen LogP contribution >= 0.6 is 0 Å². The van der Waals surface area contributed by atoms with Gasteiger partial charge in [0.2, 0.25) is 0 Å². The van der Waals surface area contributed by atoms with Crippen molar-refractivity contribution in [2.75, 3.05) is 25.6 Å². The quantitative estimate of drug-likeness (QED) is 0.726. The Hall–Kier alpha value is -3.26. The van der Waals surface area contributed by atoms with E-state index in [1.54, 1.807) is 25.6 Å². The van der Waals surface area contributed by atoms with Crippen molar-refractivity contribution in [3.8, 4) is 17.0 Å². The van der Waals surface area contributed by atoms with Crippen LogP contribution in [0.3, 0.4) is 0 Å². The fourth-order valence-corrected chi connectivity index (χ4v) is 3.18. The van der Waals surface area contributed by atoms with E-state index in [1.807, 2.05) is 31.2 Å². The standard InChI is InChI=1S/C20H21N5O3/c1-13-9-22-19(10-21-13)23-17-11-28-12-18(17)25-20(26)7-6-16(24-25)14-4-3-5-15(8-14)27-2/h3-10,17-18H,11-12H2,1-2H3,(H,22,23). The lowest BCUT2D eigenvalue weighted by Gasteiger charge is -2.21. The molecule has 8 heteroatoms.